The summed E-state index contributed by atoms with van der Waals surface area (Å²) in [7, 11) is 4.03. The van der Waals surface area contributed by atoms with Crippen LogP contribution in [0.3, 0.4) is 0 Å². The van der Waals surface area contributed by atoms with Crippen LogP contribution in [0.4, 0.5) is 10.5 Å². The van der Waals surface area contributed by atoms with Crippen molar-refractivity contribution in [2.75, 3.05) is 25.6 Å². The summed E-state index contributed by atoms with van der Waals surface area (Å²) in [6, 6.07) is 25.0. The van der Waals surface area contributed by atoms with Gasteiger partial charge in [0.15, 0.2) is 6.10 Å². The molecule has 1 N–H and O–H groups in total. The Morgan fingerprint density at radius 2 is 1.62 bits per heavy atom. The highest BCUT2D eigenvalue weighted by Gasteiger charge is 2.43. The van der Waals surface area contributed by atoms with Gasteiger partial charge in [-0.05, 0) is 55.1 Å². The Morgan fingerprint density at radius 3 is 2.25 bits per heavy atom. The molecule has 3 aromatic rings. The van der Waals surface area contributed by atoms with Crippen LogP contribution < -0.4 is 9.64 Å². The molecule has 1 saturated heterocycles. The molecule has 1 aliphatic heterocycles. The number of carbonyl (C=O) groups is 1. The Balaban J connectivity index is 1.53. The van der Waals surface area contributed by atoms with Gasteiger partial charge in [-0.2, -0.15) is 0 Å². The molecule has 1 fully saturated rings. The Kier molecular flexibility index (Phi) is 6.73. The normalized spacial score (nSPS) is 18.1. The molecule has 0 unspecified atom stereocenters. The third-order valence-corrected chi connectivity index (χ3v) is 5.44. The van der Waals surface area contributed by atoms with Crippen molar-refractivity contribution in [2.24, 2.45) is 0 Å². The molecule has 0 radical (unpaired) electrons. The Labute approximate surface area is 188 Å². The van der Waals surface area contributed by atoms with Crippen LogP contribution in [-0.4, -0.2) is 42.9 Å². The molecular formula is C26H28N2O4. The SMILES string of the molecule is CN(C)Cc1ccc(N2C(=O)O[C@H](CO)[C@H]2c2ccc(OCc3ccccc3)cc2)cc1. The van der Waals surface area contributed by atoms with Crippen LogP contribution in [0, 0.1) is 0 Å². The number of aliphatic hydroxyl groups is 1. The highest BCUT2D eigenvalue weighted by Crippen LogP contribution is 2.38. The number of aliphatic hydroxyl groups excluding tert-OH is 1. The molecule has 166 valence electrons. The average molecular weight is 433 g/mol. The number of ether oxygens (including phenoxy) is 2. The summed E-state index contributed by atoms with van der Waals surface area (Å²) in [6.07, 6.45) is -1.10. The van der Waals surface area contributed by atoms with Crippen LogP contribution in [-0.2, 0) is 17.9 Å². The minimum absolute atomic E-state index is 0.252. The lowest BCUT2D eigenvalue weighted by molar-refractivity contribution is 0.0829. The van der Waals surface area contributed by atoms with E-state index in [2.05, 4.69) is 4.90 Å². The monoisotopic (exact) mass is 432 g/mol. The van der Waals surface area contributed by atoms with E-state index in [0.29, 0.717) is 6.61 Å². The summed E-state index contributed by atoms with van der Waals surface area (Å²) >= 11 is 0. The van der Waals surface area contributed by atoms with E-state index in [-0.39, 0.29) is 6.61 Å². The Hall–Kier alpha value is -3.35. The molecule has 6 nitrogen and oxygen atoms in total. The maximum Gasteiger partial charge on any atom is 0.415 e. The molecule has 32 heavy (non-hydrogen) atoms. The topological polar surface area (TPSA) is 62.2 Å². The summed E-state index contributed by atoms with van der Waals surface area (Å²) in [5.74, 6) is 0.739. The van der Waals surface area contributed by atoms with Gasteiger partial charge in [-0.25, -0.2) is 4.79 Å². The zero-order valence-corrected chi connectivity index (χ0v) is 18.3. The maximum absolute atomic E-state index is 12.7. The van der Waals surface area contributed by atoms with Gasteiger partial charge in [0.05, 0.1) is 6.61 Å². The van der Waals surface area contributed by atoms with E-state index >= 15 is 0 Å². The van der Waals surface area contributed by atoms with Crippen molar-refractivity contribution in [1.82, 2.24) is 4.90 Å². The number of carbonyl (C=O) groups excluding carboxylic acids is 1. The summed E-state index contributed by atoms with van der Waals surface area (Å²) in [6.45, 7) is 1.05. The van der Waals surface area contributed by atoms with Gasteiger partial charge >= 0.3 is 6.09 Å². The summed E-state index contributed by atoms with van der Waals surface area (Å²) in [5, 5.41) is 9.85. The summed E-state index contributed by atoms with van der Waals surface area (Å²) < 4.78 is 11.3. The molecule has 0 aromatic heterocycles. The van der Waals surface area contributed by atoms with Gasteiger partial charge in [-0.3, -0.25) is 4.90 Å². The van der Waals surface area contributed by atoms with Crippen LogP contribution in [0.5, 0.6) is 5.75 Å². The number of benzene rings is 3. The van der Waals surface area contributed by atoms with Crippen molar-refractivity contribution in [2.45, 2.75) is 25.3 Å². The Morgan fingerprint density at radius 1 is 0.938 bits per heavy atom. The molecule has 4 rings (SSSR count). The van der Waals surface area contributed by atoms with E-state index in [1.165, 1.54) is 0 Å². The van der Waals surface area contributed by atoms with Gasteiger partial charge in [0.25, 0.3) is 0 Å². The zero-order valence-electron chi connectivity index (χ0n) is 18.3. The van der Waals surface area contributed by atoms with Crippen molar-refractivity contribution in [3.05, 3.63) is 95.6 Å². The van der Waals surface area contributed by atoms with E-state index < -0.39 is 18.2 Å². The molecule has 0 bridgehead atoms. The standard InChI is InChI=1S/C26H28N2O4/c1-27(2)16-19-8-12-22(13-9-19)28-25(24(17-29)32-26(28)30)21-10-14-23(15-11-21)31-18-20-6-4-3-5-7-20/h3-15,24-25,29H,16-18H2,1-2H3/t24-,25-/m1/s1. The molecule has 1 heterocycles. The first-order valence-corrected chi connectivity index (χ1v) is 10.7. The molecule has 2 atom stereocenters. The van der Waals surface area contributed by atoms with Gasteiger partial charge in [0.2, 0.25) is 0 Å². The maximum atomic E-state index is 12.7. The highest BCUT2D eigenvalue weighted by atomic mass is 16.6. The van der Waals surface area contributed by atoms with Crippen LogP contribution in [0.25, 0.3) is 0 Å². The van der Waals surface area contributed by atoms with Crippen LogP contribution >= 0.6 is 0 Å². The van der Waals surface area contributed by atoms with Gasteiger partial charge < -0.3 is 19.5 Å². The minimum atomic E-state index is -0.639. The molecule has 1 amide bonds. The second kappa shape index (κ2) is 9.85. The zero-order chi connectivity index (χ0) is 22.5. The van der Waals surface area contributed by atoms with E-state index in [9.17, 15) is 9.90 Å². The smallest absolute Gasteiger partial charge is 0.415 e. The highest BCUT2D eigenvalue weighted by molar-refractivity contribution is 5.91. The van der Waals surface area contributed by atoms with E-state index in [4.69, 9.17) is 9.47 Å². The average Bonchev–Trinajstić information content (AvgIpc) is 3.15. The van der Waals surface area contributed by atoms with Gasteiger partial charge in [-0.1, -0.05) is 54.6 Å². The fourth-order valence-electron chi connectivity index (χ4n) is 3.93. The number of cyclic esters (lactones) is 1. The van der Waals surface area contributed by atoms with Crippen molar-refractivity contribution >= 4 is 11.8 Å². The molecular weight excluding hydrogens is 404 g/mol. The van der Waals surface area contributed by atoms with E-state index in [1.54, 1.807) is 4.90 Å². The van der Waals surface area contributed by atoms with Crippen molar-refractivity contribution in [3.8, 4) is 5.75 Å². The van der Waals surface area contributed by atoms with E-state index in [0.717, 1.165) is 34.7 Å². The Bertz CT molecular complexity index is 1020. The summed E-state index contributed by atoms with van der Waals surface area (Å²) in [5.41, 5.74) is 3.86. The summed E-state index contributed by atoms with van der Waals surface area (Å²) in [4.78, 5) is 16.4. The molecule has 0 saturated carbocycles. The lowest BCUT2D eigenvalue weighted by Crippen LogP contribution is -2.30. The predicted molar refractivity (Wildman–Crippen MR) is 124 cm³/mol. The van der Waals surface area contributed by atoms with Crippen LogP contribution in [0.15, 0.2) is 78.9 Å². The van der Waals surface area contributed by atoms with Crippen molar-refractivity contribution in [1.29, 1.82) is 0 Å². The minimum Gasteiger partial charge on any atom is -0.489 e. The molecule has 1 aliphatic rings. The third-order valence-electron chi connectivity index (χ3n) is 5.44. The number of rotatable bonds is 8. The molecule has 0 spiro atoms. The second-order valence-electron chi connectivity index (χ2n) is 8.17. The first-order valence-electron chi connectivity index (χ1n) is 10.7. The fourth-order valence-corrected chi connectivity index (χ4v) is 3.93. The lowest BCUT2D eigenvalue weighted by Gasteiger charge is -2.25. The predicted octanol–water partition coefficient (Wildman–Crippen LogP) is 4.39. The fraction of sp³-hybridized carbons (Fsp3) is 0.269. The number of anilines is 1. The van der Waals surface area contributed by atoms with Crippen molar-refractivity contribution < 1.29 is 19.4 Å². The number of hydrogen-bond donors (Lipinski definition) is 1. The second-order valence-corrected chi connectivity index (χ2v) is 8.17. The first kappa shape index (κ1) is 21.9. The lowest BCUT2D eigenvalue weighted by atomic mass is 10.00. The van der Waals surface area contributed by atoms with Crippen molar-refractivity contribution in [3.63, 3.8) is 0 Å². The van der Waals surface area contributed by atoms with Gasteiger partial charge in [-0.15, -0.1) is 0 Å². The van der Waals surface area contributed by atoms with Gasteiger partial charge in [0, 0.05) is 12.2 Å². The van der Waals surface area contributed by atoms with Crippen LogP contribution in [0.1, 0.15) is 22.7 Å². The molecule has 6 heteroatoms. The third kappa shape index (κ3) is 4.93. The number of nitrogens with zero attached hydrogens (tertiary/aromatic N) is 2. The van der Waals surface area contributed by atoms with Gasteiger partial charge in [0.1, 0.15) is 18.4 Å². The quantitative estimate of drug-likeness (QED) is 0.572. The largest absolute Gasteiger partial charge is 0.489 e. The first-order chi connectivity index (χ1) is 15.5. The number of amides is 1. The molecule has 0 aliphatic carbocycles. The number of hydrogen-bond acceptors (Lipinski definition) is 5. The van der Waals surface area contributed by atoms with Crippen LogP contribution in [0.2, 0.25) is 0 Å². The molecule has 3 aromatic carbocycles. The van der Waals surface area contributed by atoms with E-state index in [1.807, 2.05) is 93.0 Å².